The fourth-order valence-electron chi connectivity index (χ4n) is 2.61. The first kappa shape index (κ1) is 15.5. The molecule has 2 aromatic heterocycles. The van der Waals surface area contributed by atoms with Crippen molar-refractivity contribution in [3.05, 3.63) is 72.0 Å². The summed E-state index contributed by atoms with van der Waals surface area (Å²) in [6.07, 6.45) is 3.64. The molecular formula is C19H17N5S. The van der Waals surface area contributed by atoms with E-state index < -0.39 is 0 Å². The minimum Gasteiger partial charge on any atom is -0.380 e. The summed E-state index contributed by atoms with van der Waals surface area (Å²) >= 11 is 1.71. The van der Waals surface area contributed by atoms with E-state index in [1.165, 1.54) is 4.88 Å². The molecule has 0 unspecified atom stereocenters. The predicted molar refractivity (Wildman–Crippen MR) is 101 cm³/mol. The summed E-state index contributed by atoms with van der Waals surface area (Å²) < 4.78 is 1.91. The van der Waals surface area contributed by atoms with Gasteiger partial charge in [0.25, 0.3) is 0 Å². The second-order valence-corrected chi connectivity index (χ2v) is 6.81. The highest BCUT2D eigenvalue weighted by atomic mass is 32.1. The minimum absolute atomic E-state index is 0.743. The number of anilines is 1. The fourth-order valence-corrected chi connectivity index (χ4v) is 3.46. The highest BCUT2D eigenvalue weighted by Gasteiger charge is 2.07. The zero-order chi connectivity index (χ0) is 17.1. The van der Waals surface area contributed by atoms with E-state index in [-0.39, 0.29) is 0 Å². The number of aromatic nitrogens is 4. The highest BCUT2D eigenvalue weighted by Crippen LogP contribution is 2.26. The normalized spacial score (nSPS) is 10.8. The monoisotopic (exact) mass is 347 g/mol. The van der Waals surface area contributed by atoms with Crippen LogP contribution in [0.5, 0.6) is 0 Å². The van der Waals surface area contributed by atoms with Crippen LogP contribution in [0.4, 0.5) is 5.69 Å². The number of aryl methyl sites for hydroxylation is 1. The van der Waals surface area contributed by atoms with Gasteiger partial charge in [-0.3, -0.25) is 0 Å². The van der Waals surface area contributed by atoms with E-state index in [0.717, 1.165) is 34.2 Å². The third kappa shape index (κ3) is 3.44. The lowest BCUT2D eigenvalue weighted by Crippen LogP contribution is -1.98. The van der Waals surface area contributed by atoms with Crippen LogP contribution in [0.25, 0.3) is 22.0 Å². The van der Waals surface area contributed by atoms with Crippen LogP contribution in [-0.4, -0.2) is 19.7 Å². The average Bonchev–Trinajstić information content (AvgIpc) is 3.30. The molecule has 4 rings (SSSR count). The van der Waals surface area contributed by atoms with E-state index in [0.29, 0.717) is 0 Å². The SMILES string of the molecule is Cn1cnnc1-c1cccc(NCc2cnc(-c3ccccc3)s2)c1. The summed E-state index contributed by atoms with van der Waals surface area (Å²) in [5.41, 5.74) is 3.25. The van der Waals surface area contributed by atoms with Crippen LogP contribution >= 0.6 is 11.3 Å². The van der Waals surface area contributed by atoms with Gasteiger partial charge in [-0.25, -0.2) is 4.98 Å². The van der Waals surface area contributed by atoms with Crippen molar-refractivity contribution in [2.24, 2.45) is 7.05 Å². The smallest absolute Gasteiger partial charge is 0.163 e. The summed E-state index contributed by atoms with van der Waals surface area (Å²) in [7, 11) is 1.94. The molecule has 0 saturated heterocycles. The molecule has 6 heteroatoms. The van der Waals surface area contributed by atoms with Gasteiger partial charge in [-0.15, -0.1) is 21.5 Å². The first-order chi connectivity index (χ1) is 12.3. The van der Waals surface area contributed by atoms with E-state index in [2.05, 4.69) is 44.8 Å². The molecular weight excluding hydrogens is 330 g/mol. The molecule has 0 radical (unpaired) electrons. The summed E-state index contributed by atoms with van der Waals surface area (Å²) in [6, 6.07) is 18.5. The second-order valence-electron chi connectivity index (χ2n) is 5.70. The summed E-state index contributed by atoms with van der Waals surface area (Å²) in [5, 5.41) is 12.6. The van der Waals surface area contributed by atoms with Gasteiger partial charge in [-0.05, 0) is 12.1 Å². The van der Waals surface area contributed by atoms with E-state index in [1.54, 1.807) is 17.7 Å². The number of hydrogen-bond acceptors (Lipinski definition) is 5. The Balaban J connectivity index is 1.47. The first-order valence-corrected chi connectivity index (χ1v) is 8.80. The largest absolute Gasteiger partial charge is 0.380 e. The van der Waals surface area contributed by atoms with Crippen molar-refractivity contribution in [1.29, 1.82) is 0 Å². The summed E-state index contributed by atoms with van der Waals surface area (Å²) in [6.45, 7) is 0.743. The molecule has 2 aromatic carbocycles. The van der Waals surface area contributed by atoms with Crippen LogP contribution < -0.4 is 5.32 Å². The third-order valence-corrected chi connectivity index (χ3v) is 4.92. The van der Waals surface area contributed by atoms with Gasteiger partial charge in [0.05, 0.1) is 6.54 Å². The molecule has 5 nitrogen and oxygen atoms in total. The first-order valence-electron chi connectivity index (χ1n) is 7.98. The topological polar surface area (TPSA) is 55.6 Å². The Labute approximate surface area is 150 Å². The van der Waals surface area contributed by atoms with Crippen molar-refractivity contribution in [1.82, 2.24) is 19.7 Å². The number of benzene rings is 2. The number of nitrogens with one attached hydrogen (secondary N) is 1. The van der Waals surface area contributed by atoms with Crippen LogP contribution in [-0.2, 0) is 13.6 Å². The molecule has 124 valence electrons. The van der Waals surface area contributed by atoms with Gasteiger partial charge in [-0.2, -0.15) is 0 Å². The van der Waals surface area contributed by atoms with Crippen molar-refractivity contribution in [2.75, 3.05) is 5.32 Å². The Morgan fingerprint density at radius 3 is 2.68 bits per heavy atom. The molecule has 25 heavy (non-hydrogen) atoms. The lowest BCUT2D eigenvalue weighted by atomic mass is 10.2. The van der Waals surface area contributed by atoms with Gasteiger partial charge in [0.15, 0.2) is 5.82 Å². The molecule has 0 fully saturated rings. The molecule has 0 saturated carbocycles. The van der Waals surface area contributed by atoms with E-state index in [4.69, 9.17) is 0 Å². The standard InChI is InChI=1S/C19H17N5S/c1-24-13-22-23-18(24)15-8-5-9-16(10-15)20-11-17-12-21-19(25-17)14-6-3-2-4-7-14/h2-10,12-13,20H,11H2,1H3. The van der Waals surface area contributed by atoms with Gasteiger partial charge in [-0.1, -0.05) is 42.5 Å². The van der Waals surface area contributed by atoms with Gasteiger partial charge in [0.1, 0.15) is 11.3 Å². The van der Waals surface area contributed by atoms with Crippen molar-refractivity contribution in [2.45, 2.75) is 6.54 Å². The third-order valence-electron chi connectivity index (χ3n) is 3.87. The fraction of sp³-hybridized carbons (Fsp3) is 0.105. The molecule has 0 amide bonds. The highest BCUT2D eigenvalue weighted by molar-refractivity contribution is 7.15. The van der Waals surface area contributed by atoms with E-state index >= 15 is 0 Å². The molecule has 0 atom stereocenters. The van der Waals surface area contributed by atoms with E-state index in [1.807, 2.05) is 48.1 Å². The number of rotatable bonds is 5. The Bertz CT molecular complexity index is 974. The van der Waals surface area contributed by atoms with Gasteiger partial charge >= 0.3 is 0 Å². The Hall–Kier alpha value is -2.99. The van der Waals surface area contributed by atoms with Crippen LogP contribution in [0.3, 0.4) is 0 Å². The quantitative estimate of drug-likeness (QED) is 0.587. The van der Waals surface area contributed by atoms with Crippen molar-refractivity contribution in [3.63, 3.8) is 0 Å². The molecule has 2 heterocycles. The van der Waals surface area contributed by atoms with Crippen molar-refractivity contribution >= 4 is 17.0 Å². The molecule has 1 N–H and O–H groups in total. The van der Waals surface area contributed by atoms with Gasteiger partial charge < -0.3 is 9.88 Å². The number of thiazole rings is 1. The van der Waals surface area contributed by atoms with Gasteiger partial charge in [0, 0.05) is 34.9 Å². The Morgan fingerprint density at radius 1 is 1.04 bits per heavy atom. The van der Waals surface area contributed by atoms with E-state index in [9.17, 15) is 0 Å². The zero-order valence-corrected chi connectivity index (χ0v) is 14.6. The minimum atomic E-state index is 0.743. The maximum absolute atomic E-state index is 4.53. The number of hydrogen-bond donors (Lipinski definition) is 1. The summed E-state index contributed by atoms with van der Waals surface area (Å²) in [4.78, 5) is 5.72. The van der Waals surface area contributed by atoms with Crippen molar-refractivity contribution < 1.29 is 0 Å². The maximum atomic E-state index is 4.53. The molecule has 4 aromatic rings. The van der Waals surface area contributed by atoms with Crippen LogP contribution in [0.15, 0.2) is 67.1 Å². The molecule has 0 aliphatic rings. The van der Waals surface area contributed by atoms with Crippen LogP contribution in [0.2, 0.25) is 0 Å². The second kappa shape index (κ2) is 6.86. The maximum Gasteiger partial charge on any atom is 0.163 e. The van der Waals surface area contributed by atoms with Crippen LogP contribution in [0, 0.1) is 0 Å². The Kier molecular flexibility index (Phi) is 4.26. The van der Waals surface area contributed by atoms with Gasteiger partial charge in [0.2, 0.25) is 0 Å². The number of nitrogens with zero attached hydrogens (tertiary/aromatic N) is 4. The zero-order valence-electron chi connectivity index (χ0n) is 13.8. The molecule has 0 bridgehead atoms. The average molecular weight is 347 g/mol. The molecule has 0 aliphatic carbocycles. The predicted octanol–water partition coefficient (Wildman–Crippen LogP) is 4.22. The van der Waals surface area contributed by atoms with Crippen molar-refractivity contribution in [3.8, 4) is 22.0 Å². The lowest BCUT2D eigenvalue weighted by molar-refractivity contribution is 0.920. The van der Waals surface area contributed by atoms with Crippen LogP contribution in [0.1, 0.15) is 4.88 Å². The molecule has 0 spiro atoms. The lowest BCUT2D eigenvalue weighted by Gasteiger charge is -2.07. The Morgan fingerprint density at radius 2 is 1.88 bits per heavy atom. The summed E-state index contributed by atoms with van der Waals surface area (Å²) in [5.74, 6) is 0.854. The molecule has 0 aliphatic heterocycles.